The Labute approximate surface area is 175 Å². The fourth-order valence-electron chi connectivity index (χ4n) is 3.31. The number of benzene rings is 3. The fraction of sp³-hybridized carbons (Fsp3) is 0.160. The Morgan fingerprint density at radius 1 is 0.828 bits per heavy atom. The highest BCUT2D eigenvalue weighted by Crippen LogP contribution is 2.30. The summed E-state index contributed by atoms with van der Waals surface area (Å²) in [7, 11) is 0. The molecule has 29 heavy (non-hydrogen) atoms. The van der Waals surface area contributed by atoms with Crippen LogP contribution in [-0.4, -0.2) is 15.2 Å². The molecule has 0 amide bonds. The van der Waals surface area contributed by atoms with Crippen LogP contribution in [0.2, 0.25) is 0 Å². The van der Waals surface area contributed by atoms with Crippen LogP contribution in [0.15, 0.2) is 72.9 Å². The molecule has 1 aromatic heterocycles. The van der Waals surface area contributed by atoms with Crippen molar-refractivity contribution in [1.29, 1.82) is 0 Å². The molecule has 1 heterocycles. The molecular weight excluding hydrogens is 380 g/mol. The maximum absolute atomic E-state index is 11.9. The summed E-state index contributed by atoms with van der Waals surface area (Å²) in [5.41, 5.74) is 6.87. The third-order valence-corrected chi connectivity index (χ3v) is 5.21. The number of halogens is 1. The molecule has 144 valence electrons. The minimum Gasteiger partial charge on any atom is -0.276 e. The SMILES string of the molecule is CC(C)(C)c1ccc(-c2cc(C(=O)Cl)cc(-c3cnc4ccccc4n3)c2)cc1. The van der Waals surface area contributed by atoms with E-state index < -0.39 is 5.24 Å². The van der Waals surface area contributed by atoms with Crippen LogP contribution >= 0.6 is 11.6 Å². The summed E-state index contributed by atoms with van der Waals surface area (Å²) in [4.78, 5) is 21.1. The first-order valence-corrected chi connectivity index (χ1v) is 9.87. The first-order chi connectivity index (χ1) is 13.8. The lowest BCUT2D eigenvalue weighted by molar-refractivity contribution is 0.108. The summed E-state index contributed by atoms with van der Waals surface area (Å²) < 4.78 is 0. The second-order valence-electron chi connectivity index (χ2n) is 8.14. The molecule has 4 aromatic rings. The molecule has 0 fully saturated rings. The van der Waals surface area contributed by atoms with E-state index in [0.717, 1.165) is 27.7 Å². The van der Waals surface area contributed by atoms with Gasteiger partial charge in [-0.25, -0.2) is 4.98 Å². The first kappa shape index (κ1) is 19.3. The van der Waals surface area contributed by atoms with Crippen molar-refractivity contribution in [2.75, 3.05) is 0 Å². The molecule has 0 atom stereocenters. The Kier molecular flexibility index (Phi) is 4.93. The van der Waals surface area contributed by atoms with Crippen LogP contribution in [0.4, 0.5) is 0 Å². The second-order valence-corrected chi connectivity index (χ2v) is 8.49. The Morgan fingerprint density at radius 3 is 2.14 bits per heavy atom. The second kappa shape index (κ2) is 7.41. The number of nitrogens with zero attached hydrogens (tertiary/aromatic N) is 2. The number of para-hydroxylation sites is 2. The molecule has 3 nitrogen and oxygen atoms in total. The minimum absolute atomic E-state index is 0.0817. The molecule has 0 radical (unpaired) electrons. The Balaban J connectivity index is 1.83. The smallest absolute Gasteiger partial charge is 0.252 e. The van der Waals surface area contributed by atoms with Crippen LogP contribution in [-0.2, 0) is 5.41 Å². The summed E-state index contributed by atoms with van der Waals surface area (Å²) >= 11 is 5.83. The number of hydrogen-bond donors (Lipinski definition) is 0. The Hall–Kier alpha value is -3.04. The van der Waals surface area contributed by atoms with Gasteiger partial charge >= 0.3 is 0 Å². The average Bonchev–Trinajstić information content (AvgIpc) is 2.72. The molecule has 0 aliphatic rings. The van der Waals surface area contributed by atoms with E-state index >= 15 is 0 Å². The van der Waals surface area contributed by atoms with Gasteiger partial charge in [0.15, 0.2) is 0 Å². The van der Waals surface area contributed by atoms with Crippen LogP contribution in [0, 0.1) is 0 Å². The lowest BCUT2D eigenvalue weighted by atomic mass is 9.86. The summed E-state index contributed by atoms with van der Waals surface area (Å²) in [6.07, 6.45) is 1.73. The highest BCUT2D eigenvalue weighted by Gasteiger charge is 2.15. The van der Waals surface area contributed by atoms with Gasteiger partial charge in [0.1, 0.15) is 0 Å². The van der Waals surface area contributed by atoms with Crippen LogP contribution in [0.25, 0.3) is 33.4 Å². The van der Waals surface area contributed by atoms with Gasteiger partial charge < -0.3 is 0 Å². The predicted molar refractivity (Wildman–Crippen MR) is 119 cm³/mol. The largest absolute Gasteiger partial charge is 0.276 e. The highest BCUT2D eigenvalue weighted by atomic mass is 35.5. The van der Waals surface area contributed by atoms with E-state index in [1.807, 2.05) is 36.4 Å². The van der Waals surface area contributed by atoms with Gasteiger partial charge in [0.2, 0.25) is 0 Å². The number of hydrogen-bond acceptors (Lipinski definition) is 3. The molecule has 0 unspecified atom stereocenters. The first-order valence-electron chi connectivity index (χ1n) is 9.49. The van der Waals surface area contributed by atoms with Gasteiger partial charge in [-0.2, -0.15) is 0 Å². The van der Waals surface area contributed by atoms with E-state index in [9.17, 15) is 4.79 Å². The van der Waals surface area contributed by atoms with Gasteiger partial charge in [0.25, 0.3) is 5.24 Å². The standard InChI is InChI=1S/C25H21ClN2O/c1-25(2,3)20-10-8-16(9-11-20)17-12-18(14-19(13-17)24(26)29)23-15-27-21-6-4-5-7-22(21)28-23/h4-15H,1-3H3. The molecule has 0 spiro atoms. The van der Waals surface area contributed by atoms with Crippen molar-refractivity contribution in [1.82, 2.24) is 9.97 Å². The molecule has 0 aliphatic carbocycles. The van der Waals surface area contributed by atoms with E-state index in [1.54, 1.807) is 12.3 Å². The van der Waals surface area contributed by atoms with Gasteiger partial charge in [-0.05, 0) is 64.0 Å². The molecule has 3 aromatic carbocycles. The Bertz CT molecular complexity index is 1210. The quantitative estimate of drug-likeness (QED) is 0.362. The van der Waals surface area contributed by atoms with Crippen LogP contribution in [0.5, 0.6) is 0 Å². The number of rotatable bonds is 3. The normalized spacial score (nSPS) is 11.6. The number of aromatic nitrogens is 2. The van der Waals surface area contributed by atoms with E-state index in [4.69, 9.17) is 16.6 Å². The van der Waals surface area contributed by atoms with Crippen molar-refractivity contribution in [3.05, 3.63) is 84.1 Å². The number of carbonyl (C=O) groups excluding carboxylic acids is 1. The lowest BCUT2D eigenvalue weighted by Crippen LogP contribution is -2.10. The highest BCUT2D eigenvalue weighted by molar-refractivity contribution is 6.67. The summed E-state index contributed by atoms with van der Waals surface area (Å²) in [6, 6.07) is 21.7. The minimum atomic E-state index is -0.492. The zero-order chi connectivity index (χ0) is 20.6. The average molecular weight is 401 g/mol. The van der Waals surface area contributed by atoms with Crippen molar-refractivity contribution in [2.24, 2.45) is 0 Å². The molecule has 0 N–H and O–H groups in total. The summed E-state index contributed by atoms with van der Waals surface area (Å²) in [6.45, 7) is 6.56. The van der Waals surface area contributed by atoms with E-state index in [0.29, 0.717) is 11.3 Å². The van der Waals surface area contributed by atoms with Crippen molar-refractivity contribution >= 4 is 27.9 Å². The van der Waals surface area contributed by atoms with Crippen molar-refractivity contribution in [3.8, 4) is 22.4 Å². The zero-order valence-corrected chi connectivity index (χ0v) is 17.4. The summed E-state index contributed by atoms with van der Waals surface area (Å²) in [5, 5.41) is -0.492. The maximum Gasteiger partial charge on any atom is 0.252 e. The number of fused-ring (bicyclic) bond motifs is 1. The number of carbonyl (C=O) groups is 1. The topological polar surface area (TPSA) is 42.9 Å². The van der Waals surface area contributed by atoms with Gasteiger partial charge in [-0.15, -0.1) is 0 Å². The zero-order valence-electron chi connectivity index (χ0n) is 16.6. The van der Waals surface area contributed by atoms with Crippen LogP contribution in [0.3, 0.4) is 0 Å². The monoisotopic (exact) mass is 400 g/mol. The van der Waals surface area contributed by atoms with E-state index in [-0.39, 0.29) is 5.41 Å². The predicted octanol–water partition coefficient (Wildman–Crippen LogP) is 6.64. The molecular formula is C25H21ClN2O. The van der Waals surface area contributed by atoms with Gasteiger partial charge in [-0.1, -0.05) is 57.2 Å². The molecule has 0 saturated heterocycles. The molecule has 0 aliphatic heterocycles. The molecule has 0 bridgehead atoms. The van der Waals surface area contributed by atoms with Gasteiger partial charge in [-0.3, -0.25) is 9.78 Å². The maximum atomic E-state index is 11.9. The fourth-order valence-corrected chi connectivity index (χ4v) is 3.42. The third kappa shape index (κ3) is 4.06. The van der Waals surface area contributed by atoms with Gasteiger partial charge in [0, 0.05) is 11.1 Å². The Morgan fingerprint density at radius 2 is 1.48 bits per heavy atom. The van der Waals surface area contributed by atoms with Crippen LogP contribution in [0.1, 0.15) is 36.7 Å². The van der Waals surface area contributed by atoms with Crippen molar-refractivity contribution < 1.29 is 4.79 Å². The molecule has 4 rings (SSSR count). The van der Waals surface area contributed by atoms with Crippen molar-refractivity contribution in [3.63, 3.8) is 0 Å². The third-order valence-electron chi connectivity index (χ3n) is 4.99. The molecule has 0 saturated carbocycles. The molecule has 4 heteroatoms. The van der Waals surface area contributed by atoms with Crippen LogP contribution < -0.4 is 0 Å². The van der Waals surface area contributed by atoms with E-state index in [1.165, 1.54) is 5.56 Å². The van der Waals surface area contributed by atoms with E-state index in [2.05, 4.69) is 50.0 Å². The lowest BCUT2D eigenvalue weighted by Gasteiger charge is -2.19. The van der Waals surface area contributed by atoms with Gasteiger partial charge in [0.05, 0.1) is 22.9 Å². The van der Waals surface area contributed by atoms with Crippen molar-refractivity contribution in [2.45, 2.75) is 26.2 Å². The summed E-state index contributed by atoms with van der Waals surface area (Å²) in [5.74, 6) is 0.